The molecular weight excluding hydrogens is 430 g/mol. The van der Waals surface area contributed by atoms with Gasteiger partial charge in [-0.3, -0.25) is 9.59 Å². The van der Waals surface area contributed by atoms with Crippen LogP contribution in [0.3, 0.4) is 0 Å². The Bertz CT molecular complexity index is 1310. The molecule has 1 aliphatic heterocycles. The van der Waals surface area contributed by atoms with Gasteiger partial charge in [0.05, 0.1) is 23.5 Å². The molecule has 0 bridgehead atoms. The van der Waals surface area contributed by atoms with Crippen LogP contribution in [0.25, 0.3) is 10.8 Å². The van der Waals surface area contributed by atoms with Crippen LogP contribution in [0.1, 0.15) is 27.2 Å². The van der Waals surface area contributed by atoms with Crippen LogP contribution in [0.5, 0.6) is 0 Å². The molecular formula is C25H18ClNO3S. The van der Waals surface area contributed by atoms with Crippen molar-refractivity contribution in [2.75, 3.05) is 4.90 Å². The Labute approximate surface area is 188 Å². The molecule has 154 valence electrons. The summed E-state index contributed by atoms with van der Waals surface area (Å²) in [6.45, 7) is 0.282. The minimum atomic E-state index is -1.95. The molecule has 0 fully saturated rings. The van der Waals surface area contributed by atoms with E-state index in [0.717, 1.165) is 16.3 Å². The molecule has 4 nitrogen and oxygen atoms in total. The number of hydrogen-bond donors (Lipinski definition) is 1. The summed E-state index contributed by atoms with van der Waals surface area (Å²) in [6.07, 6.45) is -0.328. The number of nitrogens with zero attached hydrogens (tertiary/aromatic N) is 1. The second-order valence-electron chi connectivity index (χ2n) is 7.63. The maximum absolute atomic E-state index is 13.5. The van der Waals surface area contributed by atoms with Crippen molar-refractivity contribution in [2.24, 2.45) is 0 Å². The molecule has 3 aromatic carbocycles. The van der Waals surface area contributed by atoms with Gasteiger partial charge in [0, 0.05) is 10.6 Å². The first-order chi connectivity index (χ1) is 15.0. The number of amides is 1. The Hall–Kier alpha value is -2.99. The highest BCUT2D eigenvalue weighted by Crippen LogP contribution is 2.45. The van der Waals surface area contributed by atoms with Gasteiger partial charge in [-0.05, 0) is 46.0 Å². The number of hydrogen-bond acceptors (Lipinski definition) is 4. The molecule has 2 heterocycles. The zero-order valence-corrected chi connectivity index (χ0v) is 18.0. The van der Waals surface area contributed by atoms with Crippen molar-refractivity contribution in [3.63, 3.8) is 0 Å². The normalized spacial score (nSPS) is 17.9. The summed E-state index contributed by atoms with van der Waals surface area (Å²) in [7, 11) is 0. The summed E-state index contributed by atoms with van der Waals surface area (Å²) in [6, 6.07) is 22.4. The number of fused-ring (bicyclic) bond motifs is 2. The number of thiophene rings is 1. The maximum Gasteiger partial charge on any atom is 0.264 e. The summed E-state index contributed by atoms with van der Waals surface area (Å²) < 4.78 is 0. The minimum Gasteiger partial charge on any atom is -0.375 e. The number of carbonyl (C=O) groups is 2. The Morgan fingerprint density at radius 3 is 2.65 bits per heavy atom. The molecule has 31 heavy (non-hydrogen) atoms. The van der Waals surface area contributed by atoms with Gasteiger partial charge >= 0.3 is 0 Å². The molecule has 6 heteroatoms. The third-order valence-electron chi connectivity index (χ3n) is 5.71. The number of benzene rings is 3. The Morgan fingerprint density at radius 1 is 1.03 bits per heavy atom. The third-order valence-corrected chi connectivity index (χ3v) is 6.86. The van der Waals surface area contributed by atoms with E-state index >= 15 is 0 Å². The lowest BCUT2D eigenvalue weighted by molar-refractivity contribution is -0.136. The summed E-state index contributed by atoms with van der Waals surface area (Å²) in [5, 5.41) is 15.8. The SMILES string of the molecule is O=C(C[C@]1(O)C(=O)N(Cc2cccc3ccccc23)c2ccc(Cl)cc21)c1cccs1. The van der Waals surface area contributed by atoms with Crippen LogP contribution >= 0.6 is 22.9 Å². The largest absolute Gasteiger partial charge is 0.375 e. The third kappa shape index (κ3) is 3.35. The topological polar surface area (TPSA) is 57.6 Å². The van der Waals surface area contributed by atoms with Gasteiger partial charge in [-0.25, -0.2) is 0 Å². The van der Waals surface area contributed by atoms with Crippen LogP contribution in [0.15, 0.2) is 78.2 Å². The Morgan fingerprint density at radius 2 is 1.84 bits per heavy atom. The van der Waals surface area contributed by atoms with Crippen molar-refractivity contribution in [3.05, 3.63) is 99.2 Å². The molecule has 0 radical (unpaired) electrons. The second kappa shape index (κ2) is 7.61. The molecule has 1 aromatic heterocycles. The van der Waals surface area contributed by atoms with Crippen molar-refractivity contribution in [1.82, 2.24) is 0 Å². The van der Waals surface area contributed by atoms with Crippen molar-refractivity contribution < 1.29 is 14.7 Å². The van der Waals surface area contributed by atoms with E-state index in [9.17, 15) is 14.7 Å². The highest BCUT2D eigenvalue weighted by molar-refractivity contribution is 7.12. The quantitative estimate of drug-likeness (QED) is 0.407. The summed E-state index contributed by atoms with van der Waals surface area (Å²) >= 11 is 7.49. The lowest BCUT2D eigenvalue weighted by Crippen LogP contribution is -2.41. The van der Waals surface area contributed by atoms with Gasteiger partial charge in [0.15, 0.2) is 11.4 Å². The van der Waals surface area contributed by atoms with E-state index in [4.69, 9.17) is 11.6 Å². The Balaban J connectivity index is 1.56. The van der Waals surface area contributed by atoms with Crippen molar-refractivity contribution in [1.29, 1.82) is 0 Å². The lowest BCUT2D eigenvalue weighted by atomic mass is 9.89. The zero-order valence-electron chi connectivity index (χ0n) is 16.4. The van der Waals surface area contributed by atoms with Crippen LogP contribution in [0.2, 0.25) is 5.02 Å². The van der Waals surface area contributed by atoms with E-state index in [-0.39, 0.29) is 18.7 Å². The molecule has 0 aliphatic carbocycles. The van der Waals surface area contributed by atoms with Crippen LogP contribution in [-0.4, -0.2) is 16.8 Å². The predicted molar refractivity (Wildman–Crippen MR) is 124 cm³/mol. The van der Waals surface area contributed by atoms with Gasteiger partial charge in [-0.2, -0.15) is 0 Å². The average molecular weight is 448 g/mol. The highest BCUT2D eigenvalue weighted by Gasteiger charge is 2.51. The maximum atomic E-state index is 13.5. The van der Waals surface area contributed by atoms with E-state index in [1.165, 1.54) is 11.3 Å². The number of halogens is 1. The minimum absolute atomic E-state index is 0.274. The first-order valence-electron chi connectivity index (χ1n) is 9.85. The van der Waals surface area contributed by atoms with E-state index in [2.05, 4.69) is 0 Å². The molecule has 5 rings (SSSR count). The van der Waals surface area contributed by atoms with Gasteiger partial charge in [0.2, 0.25) is 0 Å². The Kier molecular flexibility index (Phi) is 4.89. The first-order valence-corrected chi connectivity index (χ1v) is 11.1. The van der Waals surface area contributed by atoms with E-state index in [0.29, 0.717) is 21.2 Å². The average Bonchev–Trinajstić information content (AvgIpc) is 3.37. The number of aliphatic hydroxyl groups is 1. The van der Waals surface area contributed by atoms with Crippen LogP contribution in [0.4, 0.5) is 5.69 Å². The van der Waals surface area contributed by atoms with Crippen molar-refractivity contribution >= 4 is 51.1 Å². The number of carbonyl (C=O) groups excluding carboxylic acids is 2. The zero-order chi connectivity index (χ0) is 21.6. The van der Waals surface area contributed by atoms with Crippen LogP contribution < -0.4 is 4.90 Å². The van der Waals surface area contributed by atoms with Crippen molar-refractivity contribution in [3.8, 4) is 0 Å². The summed E-state index contributed by atoms with van der Waals surface area (Å²) in [4.78, 5) is 28.4. The molecule has 0 saturated carbocycles. The number of ketones is 1. The molecule has 1 amide bonds. The smallest absolute Gasteiger partial charge is 0.264 e. The van der Waals surface area contributed by atoms with E-state index in [1.807, 2.05) is 42.5 Å². The summed E-state index contributed by atoms with van der Waals surface area (Å²) in [5.41, 5.74) is -0.0496. The monoisotopic (exact) mass is 447 g/mol. The second-order valence-corrected chi connectivity index (χ2v) is 9.01. The molecule has 1 N–H and O–H groups in total. The number of rotatable bonds is 5. The van der Waals surface area contributed by atoms with Crippen molar-refractivity contribution in [2.45, 2.75) is 18.6 Å². The standard InChI is InChI=1S/C25H18ClNO3S/c26-18-10-11-21-20(13-18)25(30,14-22(28)23-9-4-12-31-23)24(29)27(21)15-17-7-3-6-16-5-1-2-8-19(16)17/h1-13,30H,14-15H2/t25-/m1/s1. The van der Waals surface area contributed by atoms with E-state index in [1.54, 1.807) is 40.6 Å². The van der Waals surface area contributed by atoms with Crippen LogP contribution in [-0.2, 0) is 16.9 Å². The fourth-order valence-electron chi connectivity index (χ4n) is 4.21. The first kappa shape index (κ1) is 19.9. The molecule has 0 spiro atoms. The van der Waals surface area contributed by atoms with Gasteiger partial charge in [-0.15, -0.1) is 11.3 Å². The van der Waals surface area contributed by atoms with Crippen LogP contribution in [0, 0.1) is 0 Å². The van der Waals surface area contributed by atoms with Gasteiger partial charge < -0.3 is 10.0 Å². The van der Waals surface area contributed by atoms with Gasteiger partial charge in [-0.1, -0.05) is 60.1 Å². The molecule has 1 aliphatic rings. The molecule has 0 saturated heterocycles. The fourth-order valence-corrected chi connectivity index (χ4v) is 5.04. The molecule has 0 unspecified atom stereocenters. The lowest BCUT2D eigenvalue weighted by Gasteiger charge is -2.23. The molecule has 1 atom stereocenters. The van der Waals surface area contributed by atoms with E-state index < -0.39 is 11.5 Å². The number of Topliss-reactive ketones (excluding diaryl/α,β-unsaturated/α-hetero) is 1. The summed E-state index contributed by atoms with van der Waals surface area (Å²) in [5.74, 6) is -0.786. The van der Waals surface area contributed by atoms with Gasteiger partial charge in [0.1, 0.15) is 0 Å². The molecule has 4 aromatic rings. The number of anilines is 1. The highest BCUT2D eigenvalue weighted by atomic mass is 35.5. The fraction of sp³-hybridized carbons (Fsp3) is 0.120. The predicted octanol–water partition coefficient (Wildman–Crippen LogP) is 5.56. The van der Waals surface area contributed by atoms with Gasteiger partial charge in [0.25, 0.3) is 5.91 Å².